The van der Waals surface area contributed by atoms with Gasteiger partial charge in [-0.3, -0.25) is 4.79 Å². The molecule has 14 heteroatoms. The number of anilines is 3. The van der Waals surface area contributed by atoms with Gasteiger partial charge < -0.3 is 30.1 Å². The molecule has 0 spiro atoms. The van der Waals surface area contributed by atoms with Gasteiger partial charge in [-0.2, -0.15) is 4.98 Å². The highest BCUT2D eigenvalue weighted by Gasteiger charge is 2.27. The van der Waals surface area contributed by atoms with Crippen molar-refractivity contribution < 1.29 is 19.2 Å². The fourth-order valence-corrected chi connectivity index (χ4v) is 5.20. The summed E-state index contributed by atoms with van der Waals surface area (Å²) in [6.45, 7) is 11.1. The molecule has 0 radical (unpaired) electrons. The second kappa shape index (κ2) is 12.4. The summed E-state index contributed by atoms with van der Waals surface area (Å²) in [6, 6.07) is 10.7. The molecule has 1 fully saturated rings. The van der Waals surface area contributed by atoms with E-state index in [0.717, 1.165) is 16.8 Å². The molecule has 2 atom stereocenters. The van der Waals surface area contributed by atoms with Gasteiger partial charge in [-0.15, -0.1) is 0 Å². The van der Waals surface area contributed by atoms with Crippen molar-refractivity contribution in [1.82, 2.24) is 35.3 Å². The van der Waals surface area contributed by atoms with Crippen LogP contribution in [0.1, 0.15) is 62.7 Å². The third-order valence-corrected chi connectivity index (χ3v) is 7.63. The van der Waals surface area contributed by atoms with Crippen molar-refractivity contribution in [3.05, 3.63) is 71.2 Å². The third kappa shape index (κ3) is 6.88. The molecule has 4 heterocycles. The van der Waals surface area contributed by atoms with Gasteiger partial charge >= 0.3 is 17.9 Å². The largest absolute Gasteiger partial charge is 0.465 e. The predicted octanol–water partition coefficient (Wildman–Crippen LogP) is 5.30. The summed E-state index contributed by atoms with van der Waals surface area (Å²) in [7, 11) is 0. The van der Waals surface area contributed by atoms with Gasteiger partial charge in [0.2, 0.25) is 0 Å². The number of benzene rings is 1. The molecule has 0 bridgehead atoms. The summed E-state index contributed by atoms with van der Waals surface area (Å²) in [5.74, 6) is 1.02. The van der Waals surface area contributed by atoms with Gasteiger partial charge in [0.05, 0.1) is 23.6 Å². The van der Waals surface area contributed by atoms with Crippen LogP contribution in [0.4, 0.5) is 22.1 Å². The highest BCUT2D eigenvalue weighted by Crippen LogP contribution is 2.30. The Bertz CT molecular complexity index is 1650. The van der Waals surface area contributed by atoms with Crippen LogP contribution in [0.2, 0.25) is 5.02 Å². The first-order valence-corrected chi connectivity index (χ1v) is 14.5. The molecule has 1 aliphatic rings. The summed E-state index contributed by atoms with van der Waals surface area (Å²) in [4.78, 5) is 45.0. The maximum Gasteiger partial charge on any atom is 0.407 e. The van der Waals surface area contributed by atoms with Crippen molar-refractivity contribution in [3.8, 4) is 11.3 Å². The van der Waals surface area contributed by atoms with Crippen LogP contribution in [0.15, 0.2) is 53.4 Å². The molecule has 13 nitrogen and oxygen atoms in total. The van der Waals surface area contributed by atoms with Crippen LogP contribution >= 0.6 is 11.6 Å². The van der Waals surface area contributed by atoms with Crippen molar-refractivity contribution in [1.29, 1.82) is 0 Å². The highest BCUT2D eigenvalue weighted by molar-refractivity contribution is 6.31. The van der Waals surface area contributed by atoms with Crippen molar-refractivity contribution in [3.63, 3.8) is 0 Å². The Kier molecular flexibility index (Phi) is 8.68. The molecular weight excluding hydrogens is 586 g/mol. The van der Waals surface area contributed by atoms with Crippen molar-refractivity contribution in [2.24, 2.45) is 0 Å². The SMILES string of the molecule is CC(NC(=O)c1nc(C(C)(C)C)no1)c1ccc(-c2cc(Nc3ccc(N4CCN(C(=O)O)C[C@@H]4C)cn3)ncn2)cc1Cl. The molecule has 3 N–H and O–H groups in total. The minimum Gasteiger partial charge on any atom is -0.465 e. The number of nitrogens with zero attached hydrogens (tertiary/aromatic N) is 7. The Morgan fingerprint density at radius 2 is 1.89 bits per heavy atom. The van der Waals surface area contributed by atoms with Crippen LogP contribution in [-0.2, 0) is 5.41 Å². The first-order valence-electron chi connectivity index (χ1n) is 14.1. The van der Waals surface area contributed by atoms with Crippen molar-refractivity contribution in [2.75, 3.05) is 29.9 Å². The second-order valence-corrected chi connectivity index (χ2v) is 12.1. The van der Waals surface area contributed by atoms with Gasteiger partial charge in [-0.25, -0.2) is 19.7 Å². The number of piperazine rings is 1. The third-order valence-electron chi connectivity index (χ3n) is 7.30. The van der Waals surface area contributed by atoms with Crippen LogP contribution in [0.25, 0.3) is 11.3 Å². The number of halogens is 1. The van der Waals surface area contributed by atoms with Crippen LogP contribution in [0, 0.1) is 0 Å². The normalized spacial score (nSPS) is 16.0. The van der Waals surface area contributed by atoms with Crippen LogP contribution < -0.4 is 15.5 Å². The zero-order valence-electron chi connectivity index (χ0n) is 25.1. The van der Waals surface area contributed by atoms with Crippen molar-refractivity contribution in [2.45, 2.75) is 52.1 Å². The number of carbonyl (C=O) groups is 2. The molecule has 0 saturated carbocycles. The first-order chi connectivity index (χ1) is 20.9. The number of nitrogens with one attached hydrogen (secondary N) is 2. The molecular formula is C30H34ClN9O4. The number of carbonyl (C=O) groups excluding carboxylic acids is 1. The fourth-order valence-electron chi connectivity index (χ4n) is 4.85. The average Bonchev–Trinajstić information content (AvgIpc) is 3.49. The molecule has 1 unspecified atom stereocenters. The quantitative estimate of drug-likeness (QED) is 0.246. The van der Waals surface area contributed by atoms with E-state index in [1.165, 1.54) is 11.2 Å². The summed E-state index contributed by atoms with van der Waals surface area (Å²) in [5, 5.41) is 19.7. The Hall–Kier alpha value is -4.78. The lowest BCUT2D eigenvalue weighted by atomic mass is 9.96. The van der Waals surface area contributed by atoms with Gasteiger partial charge in [0, 0.05) is 47.7 Å². The number of carboxylic acid groups (broad SMARTS) is 1. The van der Waals surface area contributed by atoms with E-state index in [0.29, 0.717) is 47.8 Å². The first kappa shape index (κ1) is 30.7. The number of amides is 2. The molecule has 1 aromatic carbocycles. The maximum absolute atomic E-state index is 12.7. The second-order valence-electron chi connectivity index (χ2n) is 11.7. The van der Waals surface area contributed by atoms with E-state index in [4.69, 9.17) is 16.1 Å². The lowest BCUT2D eigenvalue weighted by Gasteiger charge is -2.39. The van der Waals surface area contributed by atoms with Gasteiger partial charge in [0.15, 0.2) is 5.82 Å². The number of pyridine rings is 1. The molecule has 230 valence electrons. The van der Waals surface area contributed by atoms with Crippen LogP contribution in [0.5, 0.6) is 0 Å². The minimum absolute atomic E-state index is 0.0364. The van der Waals surface area contributed by atoms with E-state index in [-0.39, 0.29) is 17.3 Å². The topological polar surface area (TPSA) is 162 Å². The summed E-state index contributed by atoms with van der Waals surface area (Å²) in [6.07, 6.45) is 2.32. The van der Waals surface area contributed by atoms with Gasteiger partial charge in [-0.05, 0) is 37.6 Å². The molecule has 4 aromatic rings. The van der Waals surface area contributed by atoms with E-state index >= 15 is 0 Å². The molecule has 2 amide bonds. The van der Waals surface area contributed by atoms with Crippen LogP contribution in [-0.4, -0.2) is 72.8 Å². The lowest BCUT2D eigenvalue weighted by molar-refractivity contribution is 0.0895. The predicted molar refractivity (Wildman–Crippen MR) is 165 cm³/mol. The fraction of sp³-hybridized carbons (Fsp3) is 0.367. The zero-order chi connectivity index (χ0) is 31.6. The smallest absolute Gasteiger partial charge is 0.407 e. The highest BCUT2D eigenvalue weighted by atomic mass is 35.5. The number of hydrogen-bond acceptors (Lipinski definition) is 10. The Morgan fingerprint density at radius 3 is 2.52 bits per heavy atom. The number of aromatic nitrogens is 5. The summed E-state index contributed by atoms with van der Waals surface area (Å²) < 4.78 is 5.15. The summed E-state index contributed by atoms with van der Waals surface area (Å²) in [5.41, 5.74) is 2.71. The summed E-state index contributed by atoms with van der Waals surface area (Å²) >= 11 is 6.64. The molecule has 1 aliphatic heterocycles. The molecule has 3 aromatic heterocycles. The van der Waals surface area contributed by atoms with Crippen LogP contribution in [0.3, 0.4) is 0 Å². The zero-order valence-corrected chi connectivity index (χ0v) is 25.8. The molecule has 0 aliphatic carbocycles. The van der Waals surface area contributed by atoms with Gasteiger partial charge in [0.25, 0.3) is 0 Å². The van der Waals surface area contributed by atoms with E-state index in [9.17, 15) is 14.7 Å². The Balaban J connectivity index is 1.23. The van der Waals surface area contributed by atoms with E-state index in [1.807, 2.05) is 58.9 Å². The molecule has 1 saturated heterocycles. The van der Waals surface area contributed by atoms with Gasteiger partial charge in [0.1, 0.15) is 18.0 Å². The Morgan fingerprint density at radius 1 is 1.09 bits per heavy atom. The maximum atomic E-state index is 12.7. The number of rotatable bonds is 7. The Labute approximate surface area is 259 Å². The average molecular weight is 620 g/mol. The van der Waals surface area contributed by atoms with Crippen molar-refractivity contribution >= 4 is 40.9 Å². The monoisotopic (exact) mass is 619 g/mol. The van der Waals surface area contributed by atoms with Gasteiger partial charge in [-0.1, -0.05) is 49.7 Å². The van der Waals surface area contributed by atoms with E-state index in [1.54, 1.807) is 18.3 Å². The standard InChI is InChI=1S/C30H34ClN9O4/c1-17-15-39(29(42)43)10-11-40(17)20-7-9-24(32-14-20)36-25-13-23(33-16-34-25)19-6-8-21(22(31)12-19)18(2)35-26(41)27-37-28(38-44-27)30(3,4)5/h6-9,12-14,16-18H,10-11,15H2,1-5H3,(H,35,41)(H,42,43)(H,32,33,34,36)/t17-,18?/m0/s1. The lowest BCUT2D eigenvalue weighted by Crippen LogP contribution is -2.53. The molecule has 5 rings (SSSR count). The number of hydrogen-bond donors (Lipinski definition) is 3. The van der Waals surface area contributed by atoms with E-state index < -0.39 is 18.0 Å². The minimum atomic E-state index is -0.897. The molecule has 44 heavy (non-hydrogen) atoms. The van der Waals surface area contributed by atoms with E-state index in [2.05, 4.69) is 40.6 Å².